The molecule has 0 unspecified atom stereocenters. The zero-order chi connectivity index (χ0) is 57.7. The van der Waals surface area contributed by atoms with Gasteiger partial charge in [-0.25, -0.2) is 27.5 Å². The van der Waals surface area contributed by atoms with Crippen molar-refractivity contribution in [2.45, 2.75) is 32.3 Å². The lowest BCUT2D eigenvalue weighted by atomic mass is 9.85. The van der Waals surface area contributed by atoms with Crippen molar-refractivity contribution >= 4 is 80.0 Å². The lowest BCUT2D eigenvalue weighted by molar-refractivity contribution is -0.0343. The third kappa shape index (κ3) is 12.0. The number of hydrogen-bond acceptors (Lipinski definition) is 19. The molecule has 0 fully saturated rings. The number of carbonyl (C=O) groups excluding carboxylic acids is 4. The summed E-state index contributed by atoms with van der Waals surface area (Å²) in [6, 6.07) is 6.78. The van der Waals surface area contributed by atoms with E-state index in [0.717, 1.165) is 20.2 Å². The number of methoxy groups -OCH3 is 2. The van der Waals surface area contributed by atoms with E-state index in [1.165, 1.54) is 35.9 Å². The first-order valence-electron chi connectivity index (χ1n) is 26.2. The van der Waals surface area contributed by atoms with Crippen LogP contribution in [0.1, 0.15) is 81.7 Å². The molecule has 0 spiro atoms. The molecule has 428 valence electrons. The molecule has 10 rings (SSSR count). The van der Waals surface area contributed by atoms with Gasteiger partial charge in [0.25, 0.3) is 0 Å². The van der Waals surface area contributed by atoms with Crippen molar-refractivity contribution in [2.24, 2.45) is 0 Å². The molecule has 0 bridgehead atoms. The zero-order valence-electron chi connectivity index (χ0n) is 45.0. The molecule has 17 nitrogen and oxygen atoms in total. The Balaban J connectivity index is 1.05. The first kappa shape index (κ1) is 58.3. The Morgan fingerprint density at radius 3 is 1.37 bits per heavy atom. The van der Waals surface area contributed by atoms with Crippen LogP contribution in [0.25, 0.3) is 54.4 Å². The van der Waals surface area contributed by atoms with Crippen LogP contribution in [0.4, 0.5) is 17.6 Å². The van der Waals surface area contributed by atoms with Crippen LogP contribution in [0.3, 0.4) is 0 Å². The Hall–Kier alpha value is -6.90. The summed E-state index contributed by atoms with van der Waals surface area (Å²) in [5.41, 5.74) is 0.137. The molecule has 23 heteroatoms. The van der Waals surface area contributed by atoms with Gasteiger partial charge in [0.1, 0.15) is 16.9 Å². The molecule has 0 N–H and O–H groups in total. The summed E-state index contributed by atoms with van der Waals surface area (Å²) in [5.74, 6) is -7.70. The molecule has 0 saturated carbocycles. The highest BCUT2D eigenvalue weighted by atomic mass is 32.1. The number of carbonyl (C=O) groups is 4. The monoisotopic (exact) mass is 1170 g/mol. The molecule has 0 amide bonds. The summed E-state index contributed by atoms with van der Waals surface area (Å²) in [7, 11) is 3.21. The SMILES string of the molecule is COCCOCCOCCOCCC1(CCOCCOCCOCCOC)Oc2cc(C)sc2-c2sc(-c3c4ncc(C=C5C(=O)c6cc(F)c(F)cc6C5=O)nc4c(C)c4ncc(C=C5C(=O)c6cc(F)c(F)cc6C5=O)nc34)cc21. The molecule has 0 radical (unpaired) electrons. The van der Waals surface area contributed by atoms with Gasteiger partial charge in [0.15, 0.2) is 46.4 Å². The van der Waals surface area contributed by atoms with Crippen LogP contribution in [0.15, 0.2) is 59.9 Å². The largest absolute Gasteiger partial charge is 0.481 e. The number of halogens is 4. The van der Waals surface area contributed by atoms with Crippen LogP contribution in [0, 0.1) is 37.1 Å². The maximum Gasteiger partial charge on any atom is 0.197 e. The number of benzene rings is 3. The van der Waals surface area contributed by atoms with E-state index in [9.17, 15) is 36.7 Å². The lowest BCUT2D eigenvalue weighted by Crippen LogP contribution is -2.38. The molecule has 3 aromatic carbocycles. The van der Waals surface area contributed by atoms with E-state index in [2.05, 4.69) is 0 Å². The van der Waals surface area contributed by atoms with Gasteiger partial charge in [-0.15, -0.1) is 22.7 Å². The van der Waals surface area contributed by atoms with Crippen molar-refractivity contribution in [3.8, 4) is 25.9 Å². The maximum atomic E-state index is 14.4. The van der Waals surface area contributed by atoms with Crippen molar-refractivity contribution in [2.75, 3.05) is 107 Å². The normalized spacial score (nSPS) is 14.3. The van der Waals surface area contributed by atoms with Crippen molar-refractivity contribution < 1.29 is 79.4 Å². The van der Waals surface area contributed by atoms with Gasteiger partial charge in [-0.3, -0.25) is 29.1 Å². The molecule has 0 saturated heterocycles. The molecular weight excluding hydrogens is 1110 g/mol. The third-order valence-electron chi connectivity index (χ3n) is 13.9. The second kappa shape index (κ2) is 25.7. The van der Waals surface area contributed by atoms with Crippen molar-refractivity contribution in [3.05, 3.63) is 133 Å². The summed E-state index contributed by atoms with van der Waals surface area (Å²) in [6.07, 6.45) is 5.88. The zero-order valence-corrected chi connectivity index (χ0v) is 46.6. The number of fused-ring (bicyclic) bond motifs is 7. The van der Waals surface area contributed by atoms with Crippen LogP contribution < -0.4 is 4.74 Å². The van der Waals surface area contributed by atoms with Gasteiger partial charge >= 0.3 is 0 Å². The van der Waals surface area contributed by atoms with Gasteiger partial charge in [-0.05, 0) is 62.4 Å². The molecule has 3 aliphatic rings. The topological polar surface area (TPSA) is 203 Å². The average molecular weight is 1170 g/mol. The van der Waals surface area contributed by atoms with Crippen LogP contribution in [-0.2, 0) is 43.5 Å². The molecule has 82 heavy (non-hydrogen) atoms. The molecule has 0 atom stereocenters. The number of hydrogen-bond donors (Lipinski definition) is 0. The van der Waals surface area contributed by atoms with Crippen LogP contribution >= 0.6 is 22.7 Å². The van der Waals surface area contributed by atoms with Crippen LogP contribution in [0.5, 0.6) is 5.75 Å². The standard InChI is InChI=1S/C59H54F4N4O13S2/c1-31-21-46-58(81-31)57-41(59(80-46,5-7-74-13-15-78-19-17-76-11-9-72-3)6-8-75-14-16-79-20-18-77-12-10-73-4)28-47(82-57)48-51-50(66-33(30-65-51)22-39-53(68)35-24-42(60)43(61)25-36(35)54(39)69)32(2)49-52(48)67-34(29-64-49)23-40-55(70)37-26-44(62)45(63)27-38(37)56(40)71/h21-30H,5-20H2,1-4H3. The van der Waals surface area contributed by atoms with Gasteiger partial charge in [0.2, 0.25) is 0 Å². The van der Waals surface area contributed by atoms with E-state index < -0.39 is 52.0 Å². The predicted molar refractivity (Wildman–Crippen MR) is 295 cm³/mol. The fourth-order valence-corrected chi connectivity index (χ4v) is 12.2. The number of ether oxygens (including phenoxy) is 9. The van der Waals surface area contributed by atoms with Gasteiger partial charge in [0, 0.05) is 75.8 Å². The first-order chi connectivity index (χ1) is 39.7. The van der Waals surface area contributed by atoms with E-state index >= 15 is 0 Å². The average Bonchev–Trinajstić information content (AvgIpc) is 2.32. The maximum absolute atomic E-state index is 14.4. The highest BCUT2D eigenvalue weighted by molar-refractivity contribution is 7.24. The Kier molecular flexibility index (Phi) is 18.3. The summed E-state index contributed by atoms with van der Waals surface area (Å²) in [6.45, 7) is 8.91. The lowest BCUT2D eigenvalue weighted by Gasteiger charge is -2.38. The second-order valence-corrected chi connectivity index (χ2v) is 21.5. The number of aryl methyl sites for hydroxylation is 2. The smallest absolute Gasteiger partial charge is 0.197 e. The van der Waals surface area contributed by atoms with E-state index in [1.54, 1.807) is 32.5 Å². The van der Waals surface area contributed by atoms with E-state index in [-0.39, 0.29) is 63.5 Å². The van der Waals surface area contributed by atoms with Gasteiger partial charge in [-0.1, -0.05) is 0 Å². The molecule has 1 aliphatic heterocycles. The number of nitrogens with zero attached hydrogens (tertiary/aromatic N) is 4. The molecular formula is C59H54F4N4O13S2. The summed E-state index contributed by atoms with van der Waals surface area (Å²) < 4.78 is 110. The van der Waals surface area contributed by atoms with E-state index in [4.69, 9.17) is 62.6 Å². The van der Waals surface area contributed by atoms with Crippen LogP contribution in [0.2, 0.25) is 0 Å². The summed E-state index contributed by atoms with van der Waals surface area (Å²) >= 11 is 2.99. The quantitative estimate of drug-likeness (QED) is 0.0155. The van der Waals surface area contributed by atoms with E-state index in [1.807, 2.05) is 19.1 Å². The molecule has 2 aliphatic carbocycles. The number of allylic oxidation sites excluding steroid dienone is 2. The van der Waals surface area contributed by atoms with Crippen LogP contribution in [-0.4, -0.2) is 150 Å². The van der Waals surface area contributed by atoms with Gasteiger partial charge in [-0.2, -0.15) is 0 Å². The van der Waals surface area contributed by atoms with Gasteiger partial charge < -0.3 is 42.6 Å². The summed E-state index contributed by atoms with van der Waals surface area (Å²) in [4.78, 5) is 77.4. The third-order valence-corrected chi connectivity index (χ3v) is 16.2. The van der Waals surface area contributed by atoms with Gasteiger partial charge in [0.05, 0.1) is 154 Å². The molecule has 7 aromatic rings. The number of thiophene rings is 2. The highest BCUT2D eigenvalue weighted by Crippen LogP contribution is 2.57. The van der Waals surface area contributed by atoms with E-state index in [0.29, 0.717) is 155 Å². The fraction of sp³-hybridized carbons (Fsp3) is 0.356. The number of Topliss-reactive ketones (excluding diaryl/α,β-unsaturated/α-hetero) is 4. The Labute approximate surface area is 475 Å². The predicted octanol–water partition coefficient (Wildman–Crippen LogP) is 9.89. The van der Waals surface area contributed by atoms with Crippen molar-refractivity contribution in [1.82, 2.24) is 19.9 Å². The molecule has 4 aromatic heterocycles. The summed E-state index contributed by atoms with van der Waals surface area (Å²) in [5, 5.41) is 0. The minimum absolute atomic E-state index is 0.0626. The number of ketones is 4. The Morgan fingerprint density at radius 1 is 0.500 bits per heavy atom. The Morgan fingerprint density at radius 2 is 0.915 bits per heavy atom. The molecule has 5 heterocycles. The fourth-order valence-electron chi connectivity index (χ4n) is 9.84. The first-order valence-corrected chi connectivity index (χ1v) is 27.8. The second-order valence-electron chi connectivity index (χ2n) is 19.2. The Bertz CT molecular complexity index is 3600. The number of aromatic nitrogens is 4. The minimum atomic E-state index is -1.28. The number of rotatable bonds is 27. The minimum Gasteiger partial charge on any atom is -0.481 e. The highest BCUT2D eigenvalue weighted by Gasteiger charge is 2.44. The van der Waals surface area contributed by atoms with Crippen molar-refractivity contribution in [1.29, 1.82) is 0 Å². The van der Waals surface area contributed by atoms with Crippen molar-refractivity contribution in [3.63, 3.8) is 0 Å².